The number of rotatable bonds is 6. The monoisotopic (exact) mass is 421 g/mol. The van der Waals surface area contributed by atoms with Crippen molar-refractivity contribution in [2.75, 3.05) is 13.7 Å². The van der Waals surface area contributed by atoms with Crippen molar-refractivity contribution in [3.8, 4) is 11.4 Å². The molecule has 5 heteroatoms. The van der Waals surface area contributed by atoms with Crippen LogP contribution < -0.4 is 4.74 Å². The number of aryl methyl sites for hydroxylation is 1. The number of carbonyl (C=O) groups is 2. The summed E-state index contributed by atoms with van der Waals surface area (Å²) in [5, 5.41) is 0. The van der Waals surface area contributed by atoms with E-state index in [9.17, 15) is 9.59 Å². The highest BCUT2D eigenvalue weighted by Gasteiger charge is 2.55. The van der Waals surface area contributed by atoms with Gasteiger partial charge in [-0.3, -0.25) is 9.59 Å². The first-order chi connectivity index (χ1) is 14.9. The number of carbonyl (C=O) groups excluding carboxylic acids is 2. The van der Waals surface area contributed by atoms with E-state index >= 15 is 0 Å². The molecule has 0 aliphatic heterocycles. The molecule has 0 amide bonds. The van der Waals surface area contributed by atoms with Gasteiger partial charge in [-0.15, -0.1) is 0 Å². The van der Waals surface area contributed by atoms with Gasteiger partial charge < -0.3 is 14.0 Å². The second-order valence-electron chi connectivity index (χ2n) is 10.0. The SMILES string of the molecule is COc1ccc(-n2c(C)cc(C(=O)COC(=O)C34CC5CC(CC(C5)C3)C4)c2C)cc1. The molecule has 0 saturated heterocycles. The molecule has 1 heterocycles. The van der Waals surface area contributed by atoms with Crippen LogP contribution in [0.1, 0.15) is 60.3 Å². The molecule has 4 aliphatic carbocycles. The highest BCUT2D eigenvalue weighted by atomic mass is 16.5. The Morgan fingerprint density at radius 3 is 2.13 bits per heavy atom. The molecule has 31 heavy (non-hydrogen) atoms. The molecule has 4 fully saturated rings. The Morgan fingerprint density at radius 1 is 1.00 bits per heavy atom. The molecule has 0 N–H and O–H groups in total. The second kappa shape index (κ2) is 7.54. The zero-order chi connectivity index (χ0) is 21.8. The topological polar surface area (TPSA) is 57.5 Å². The molecule has 0 unspecified atom stereocenters. The van der Waals surface area contributed by atoms with Crippen LogP contribution >= 0.6 is 0 Å². The van der Waals surface area contributed by atoms with Crippen LogP contribution in [0.5, 0.6) is 5.75 Å². The van der Waals surface area contributed by atoms with Crippen molar-refractivity contribution >= 4 is 11.8 Å². The molecule has 0 spiro atoms. The molecule has 1 aromatic heterocycles. The number of esters is 1. The van der Waals surface area contributed by atoms with Gasteiger partial charge in [0.25, 0.3) is 0 Å². The molecule has 6 rings (SSSR count). The maximum Gasteiger partial charge on any atom is 0.312 e. The minimum Gasteiger partial charge on any atom is -0.497 e. The summed E-state index contributed by atoms with van der Waals surface area (Å²) in [6.45, 7) is 3.74. The molecule has 164 valence electrons. The lowest BCUT2D eigenvalue weighted by Crippen LogP contribution is -2.50. The molecule has 4 saturated carbocycles. The van der Waals surface area contributed by atoms with Gasteiger partial charge in [0.05, 0.1) is 12.5 Å². The molecule has 2 aromatic rings. The number of hydrogen-bond acceptors (Lipinski definition) is 4. The first-order valence-electron chi connectivity index (χ1n) is 11.4. The first-order valence-corrected chi connectivity index (χ1v) is 11.4. The van der Waals surface area contributed by atoms with Crippen LogP contribution in [0.15, 0.2) is 30.3 Å². The van der Waals surface area contributed by atoms with Crippen LogP contribution in [0.2, 0.25) is 0 Å². The van der Waals surface area contributed by atoms with Gasteiger partial charge in [0.15, 0.2) is 6.61 Å². The third kappa shape index (κ3) is 3.48. The van der Waals surface area contributed by atoms with Gasteiger partial charge in [-0.25, -0.2) is 0 Å². The normalized spacial score (nSPS) is 28.5. The summed E-state index contributed by atoms with van der Waals surface area (Å²) in [5.41, 5.74) is 3.10. The van der Waals surface area contributed by atoms with Crippen LogP contribution in [-0.2, 0) is 9.53 Å². The van der Waals surface area contributed by atoms with Gasteiger partial charge in [0, 0.05) is 22.6 Å². The van der Waals surface area contributed by atoms with E-state index in [-0.39, 0.29) is 23.8 Å². The van der Waals surface area contributed by atoms with Crippen molar-refractivity contribution < 1.29 is 19.1 Å². The van der Waals surface area contributed by atoms with Gasteiger partial charge in [0.1, 0.15) is 5.75 Å². The Kier molecular flexibility index (Phi) is 4.95. The van der Waals surface area contributed by atoms with Gasteiger partial charge >= 0.3 is 5.97 Å². The summed E-state index contributed by atoms with van der Waals surface area (Å²) < 4.78 is 13.0. The predicted molar refractivity (Wildman–Crippen MR) is 118 cm³/mol. The Morgan fingerprint density at radius 2 is 1.58 bits per heavy atom. The zero-order valence-corrected chi connectivity index (χ0v) is 18.6. The smallest absolute Gasteiger partial charge is 0.312 e. The van der Waals surface area contributed by atoms with E-state index in [0.717, 1.165) is 42.1 Å². The quantitative estimate of drug-likeness (QED) is 0.484. The lowest BCUT2D eigenvalue weighted by molar-refractivity contribution is -0.170. The molecular formula is C26H31NO4. The predicted octanol–water partition coefficient (Wildman–Crippen LogP) is 5.05. The fourth-order valence-corrected chi connectivity index (χ4v) is 6.90. The molecule has 1 aromatic carbocycles. The number of benzene rings is 1. The Hall–Kier alpha value is -2.56. The van der Waals surface area contributed by atoms with Gasteiger partial charge in [-0.2, -0.15) is 0 Å². The van der Waals surface area contributed by atoms with Crippen molar-refractivity contribution in [1.82, 2.24) is 4.57 Å². The molecule has 0 atom stereocenters. The van der Waals surface area contributed by atoms with Crippen molar-refractivity contribution in [3.63, 3.8) is 0 Å². The number of nitrogens with zero attached hydrogens (tertiary/aromatic N) is 1. The number of methoxy groups -OCH3 is 1. The van der Waals surface area contributed by atoms with Gasteiger partial charge in [-0.1, -0.05) is 0 Å². The highest BCUT2D eigenvalue weighted by Crippen LogP contribution is 2.60. The van der Waals surface area contributed by atoms with Crippen molar-refractivity contribution in [2.45, 2.75) is 52.4 Å². The van der Waals surface area contributed by atoms with E-state index in [1.165, 1.54) is 19.3 Å². The third-order valence-electron chi connectivity index (χ3n) is 7.87. The van der Waals surface area contributed by atoms with Gasteiger partial charge in [0.2, 0.25) is 5.78 Å². The lowest BCUT2D eigenvalue weighted by atomic mass is 9.49. The zero-order valence-electron chi connectivity index (χ0n) is 18.6. The largest absolute Gasteiger partial charge is 0.497 e. The van der Waals surface area contributed by atoms with Crippen LogP contribution in [0.25, 0.3) is 5.69 Å². The number of Topliss-reactive ketones (excluding diaryl/α,β-unsaturated/α-hetero) is 1. The van der Waals surface area contributed by atoms with E-state index in [1.807, 2.05) is 48.7 Å². The Labute approximate surface area is 183 Å². The highest BCUT2D eigenvalue weighted by molar-refractivity contribution is 5.99. The number of ketones is 1. The van der Waals surface area contributed by atoms with Gasteiger partial charge in [-0.05, 0) is 100 Å². The number of hydrogen-bond donors (Lipinski definition) is 0. The molecule has 4 aliphatic rings. The summed E-state index contributed by atoms with van der Waals surface area (Å²) in [7, 11) is 1.64. The lowest BCUT2D eigenvalue weighted by Gasteiger charge is -2.55. The average molecular weight is 422 g/mol. The van der Waals surface area contributed by atoms with Crippen LogP contribution in [-0.4, -0.2) is 30.0 Å². The van der Waals surface area contributed by atoms with Crippen LogP contribution in [0.3, 0.4) is 0 Å². The summed E-state index contributed by atoms with van der Waals surface area (Å²) in [6.07, 6.45) is 6.71. The summed E-state index contributed by atoms with van der Waals surface area (Å²) in [6, 6.07) is 9.65. The molecular weight excluding hydrogens is 390 g/mol. The van der Waals surface area contributed by atoms with Crippen molar-refractivity contribution in [2.24, 2.45) is 23.2 Å². The van der Waals surface area contributed by atoms with E-state index in [2.05, 4.69) is 0 Å². The second-order valence-corrected chi connectivity index (χ2v) is 10.0. The molecule has 5 nitrogen and oxygen atoms in total. The number of aromatic nitrogens is 1. The molecule has 4 bridgehead atoms. The number of ether oxygens (including phenoxy) is 2. The standard InChI is InChI=1S/C26H31NO4/c1-16-8-23(17(2)27(16)21-4-6-22(30-3)7-5-21)24(28)15-31-25(29)26-12-18-9-19(13-26)11-20(10-18)14-26/h4-8,18-20H,9-15H2,1-3H3. The van der Waals surface area contributed by atoms with E-state index < -0.39 is 0 Å². The van der Waals surface area contributed by atoms with Crippen LogP contribution in [0, 0.1) is 37.0 Å². The average Bonchev–Trinajstić information content (AvgIpc) is 3.05. The minimum absolute atomic E-state index is 0.133. The third-order valence-corrected chi connectivity index (χ3v) is 7.87. The van der Waals surface area contributed by atoms with Crippen LogP contribution in [0.4, 0.5) is 0 Å². The fraction of sp³-hybridized carbons (Fsp3) is 0.538. The Balaban J connectivity index is 1.29. The summed E-state index contributed by atoms with van der Waals surface area (Å²) in [5.74, 6) is 2.56. The maximum atomic E-state index is 13.1. The summed E-state index contributed by atoms with van der Waals surface area (Å²) in [4.78, 5) is 26.1. The summed E-state index contributed by atoms with van der Waals surface area (Å²) >= 11 is 0. The minimum atomic E-state index is -0.324. The maximum absolute atomic E-state index is 13.1. The van der Waals surface area contributed by atoms with E-state index in [1.54, 1.807) is 7.11 Å². The first kappa shape index (κ1) is 20.3. The van der Waals surface area contributed by atoms with E-state index in [4.69, 9.17) is 9.47 Å². The fourth-order valence-electron chi connectivity index (χ4n) is 6.90. The van der Waals surface area contributed by atoms with Crippen molar-refractivity contribution in [3.05, 3.63) is 47.3 Å². The Bertz CT molecular complexity index is 981. The van der Waals surface area contributed by atoms with Crippen molar-refractivity contribution in [1.29, 1.82) is 0 Å². The molecule has 0 radical (unpaired) electrons. The van der Waals surface area contributed by atoms with E-state index in [0.29, 0.717) is 23.3 Å².